The van der Waals surface area contributed by atoms with Crippen molar-refractivity contribution in [3.05, 3.63) is 0 Å². The van der Waals surface area contributed by atoms with E-state index in [4.69, 9.17) is 13.3 Å². The molecule has 0 amide bonds. The summed E-state index contributed by atoms with van der Waals surface area (Å²) in [7, 11) is 2.19. The lowest BCUT2D eigenvalue weighted by atomic mass is 10.1. The molecular weight excluding hydrogens is 226 g/mol. The van der Waals surface area contributed by atoms with E-state index in [0.29, 0.717) is 6.17 Å². The number of nitrogens with zero attached hydrogens (tertiary/aromatic N) is 1. The Morgan fingerprint density at radius 3 is 2.31 bits per heavy atom. The average molecular weight is 247 g/mol. The van der Waals surface area contributed by atoms with E-state index in [1.54, 1.807) is 28.3 Å². The van der Waals surface area contributed by atoms with Crippen molar-refractivity contribution in [2.24, 2.45) is 0 Å². The zero-order valence-corrected chi connectivity index (χ0v) is 11.5. The molecule has 1 aliphatic heterocycles. The largest absolute Gasteiger partial charge is 0.514 e. The SMILES string of the molecule is CO[Si](CN1CCCC1C(C)=O)(OC)OC. The van der Waals surface area contributed by atoms with E-state index in [1.165, 1.54) is 0 Å². The van der Waals surface area contributed by atoms with Crippen LogP contribution in [0.15, 0.2) is 0 Å². The maximum absolute atomic E-state index is 11.5. The fourth-order valence-electron chi connectivity index (χ4n) is 2.17. The quantitative estimate of drug-likeness (QED) is 0.638. The van der Waals surface area contributed by atoms with E-state index >= 15 is 0 Å². The van der Waals surface area contributed by atoms with Gasteiger partial charge in [-0.3, -0.25) is 9.69 Å². The predicted octanol–water partition coefficient (Wildman–Crippen LogP) is 0.457. The summed E-state index contributed by atoms with van der Waals surface area (Å²) in [6.07, 6.45) is 2.56. The molecule has 6 heteroatoms. The van der Waals surface area contributed by atoms with Crippen molar-refractivity contribution in [1.82, 2.24) is 4.90 Å². The highest BCUT2D eigenvalue weighted by Gasteiger charge is 2.43. The Hall–Kier alpha value is -0.273. The number of carbonyl (C=O) groups excluding carboxylic acids is 1. The third-order valence-corrected chi connectivity index (χ3v) is 5.82. The zero-order valence-electron chi connectivity index (χ0n) is 10.5. The van der Waals surface area contributed by atoms with Crippen LogP contribution in [-0.2, 0) is 18.1 Å². The number of ketones is 1. The molecule has 1 atom stereocenters. The smallest absolute Gasteiger partial charge is 0.376 e. The molecule has 0 aromatic carbocycles. The predicted molar refractivity (Wildman–Crippen MR) is 62.1 cm³/mol. The first-order valence-electron chi connectivity index (χ1n) is 5.48. The van der Waals surface area contributed by atoms with Gasteiger partial charge in [0.05, 0.1) is 12.2 Å². The van der Waals surface area contributed by atoms with Crippen molar-refractivity contribution >= 4 is 14.6 Å². The van der Waals surface area contributed by atoms with E-state index in [2.05, 4.69) is 4.90 Å². The van der Waals surface area contributed by atoms with Crippen LogP contribution in [0.1, 0.15) is 19.8 Å². The first-order valence-corrected chi connectivity index (χ1v) is 7.41. The number of hydrogen-bond acceptors (Lipinski definition) is 5. The summed E-state index contributed by atoms with van der Waals surface area (Å²) in [5, 5.41) is 0. The molecule has 1 saturated heterocycles. The van der Waals surface area contributed by atoms with Gasteiger partial charge in [0, 0.05) is 21.3 Å². The Bertz CT molecular complexity index is 237. The molecule has 0 radical (unpaired) electrons. The lowest BCUT2D eigenvalue weighted by Crippen LogP contribution is -2.55. The first-order chi connectivity index (χ1) is 7.58. The van der Waals surface area contributed by atoms with Crippen LogP contribution in [0.5, 0.6) is 0 Å². The fraction of sp³-hybridized carbons (Fsp3) is 0.900. The standard InChI is InChI=1S/C10H21NO4Si/c1-9(12)10-6-5-7-11(10)8-16(13-2,14-3)15-4/h10H,5-8H2,1-4H3. The molecule has 1 rings (SSSR count). The van der Waals surface area contributed by atoms with E-state index in [-0.39, 0.29) is 11.8 Å². The average Bonchev–Trinajstić information content (AvgIpc) is 2.74. The molecular formula is C10H21NO4Si. The van der Waals surface area contributed by atoms with Crippen LogP contribution < -0.4 is 0 Å². The number of rotatable bonds is 6. The summed E-state index contributed by atoms with van der Waals surface area (Å²) in [6.45, 7) is 2.55. The second-order valence-electron chi connectivity index (χ2n) is 4.03. The summed E-state index contributed by atoms with van der Waals surface area (Å²) in [4.78, 5) is 13.6. The molecule has 1 unspecified atom stereocenters. The minimum absolute atomic E-state index is 0.00678. The van der Waals surface area contributed by atoms with Gasteiger partial charge in [-0.15, -0.1) is 0 Å². The van der Waals surface area contributed by atoms with Crippen LogP contribution in [-0.4, -0.2) is 59.6 Å². The first kappa shape index (κ1) is 13.8. The molecule has 0 aromatic heterocycles. The molecule has 0 saturated carbocycles. The molecule has 94 valence electrons. The maximum atomic E-state index is 11.5. The van der Waals surface area contributed by atoms with Gasteiger partial charge in [0.25, 0.3) is 0 Å². The summed E-state index contributed by atoms with van der Waals surface area (Å²) in [6, 6.07) is 0.00678. The van der Waals surface area contributed by atoms with Gasteiger partial charge in [0.15, 0.2) is 0 Å². The highest BCUT2D eigenvalue weighted by molar-refractivity contribution is 6.60. The Morgan fingerprint density at radius 1 is 1.31 bits per heavy atom. The van der Waals surface area contributed by atoms with Crippen molar-refractivity contribution in [3.63, 3.8) is 0 Å². The van der Waals surface area contributed by atoms with Gasteiger partial charge in [0.2, 0.25) is 0 Å². The van der Waals surface area contributed by atoms with Crippen LogP contribution in [0.2, 0.25) is 0 Å². The Labute approximate surface area is 98.0 Å². The third kappa shape index (κ3) is 2.89. The van der Waals surface area contributed by atoms with Crippen LogP contribution >= 0.6 is 0 Å². The topological polar surface area (TPSA) is 48.0 Å². The second-order valence-corrected chi connectivity index (χ2v) is 6.94. The normalized spacial score (nSPS) is 22.6. The number of likely N-dealkylation sites (tertiary alicyclic amines) is 1. The highest BCUT2D eigenvalue weighted by Crippen LogP contribution is 2.21. The summed E-state index contributed by atoms with van der Waals surface area (Å²) >= 11 is 0. The molecule has 1 aliphatic rings. The van der Waals surface area contributed by atoms with Gasteiger partial charge in [-0.25, -0.2) is 0 Å². The number of Topliss-reactive ketones (excluding diaryl/α,β-unsaturated/α-hetero) is 1. The van der Waals surface area contributed by atoms with Crippen molar-refractivity contribution in [2.45, 2.75) is 25.8 Å². The fourth-order valence-corrected chi connectivity index (χ4v) is 3.93. The second kappa shape index (κ2) is 5.88. The van der Waals surface area contributed by atoms with Crippen molar-refractivity contribution < 1.29 is 18.1 Å². The summed E-state index contributed by atoms with van der Waals surface area (Å²) < 4.78 is 16.1. The molecule has 5 nitrogen and oxygen atoms in total. The summed E-state index contributed by atoms with van der Waals surface area (Å²) in [5.41, 5.74) is 0. The lowest BCUT2D eigenvalue weighted by molar-refractivity contribution is -0.121. The van der Waals surface area contributed by atoms with Gasteiger partial charge in [-0.1, -0.05) is 0 Å². The van der Waals surface area contributed by atoms with E-state index in [9.17, 15) is 4.79 Å². The molecule has 1 fully saturated rings. The Morgan fingerprint density at radius 2 is 1.88 bits per heavy atom. The highest BCUT2D eigenvalue weighted by atomic mass is 28.4. The van der Waals surface area contributed by atoms with Gasteiger partial charge >= 0.3 is 8.80 Å². The van der Waals surface area contributed by atoms with E-state index in [0.717, 1.165) is 19.4 Å². The van der Waals surface area contributed by atoms with E-state index in [1.807, 2.05) is 0 Å². The van der Waals surface area contributed by atoms with Crippen LogP contribution in [0.3, 0.4) is 0 Å². The molecule has 0 bridgehead atoms. The van der Waals surface area contributed by atoms with Gasteiger partial charge < -0.3 is 13.3 Å². The lowest BCUT2D eigenvalue weighted by Gasteiger charge is -2.31. The van der Waals surface area contributed by atoms with Crippen molar-refractivity contribution in [2.75, 3.05) is 34.0 Å². The Balaban J connectivity index is 2.67. The Kier molecular flexibility index (Phi) is 5.07. The molecule has 1 heterocycles. The van der Waals surface area contributed by atoms with Gasteiger partial charge in [0.1, 0.15) is 5.78 Å². The van der Waals surface area contributed by atoms with Gasteiger partial charge in [-0.2, -0.15) is 0 Å². The third-order valence-electron chi connectivity index (χ3n) is 3.16. The van der Waals surface area contributed by atoms with Crippen molar-refractivity contribution in [3.8, 4) is 0 Å². The minimum Gasteiger partial charge on any atom is -0.376 e. The van der Waals surface area contributed by atoms with Crippen LogP contribution in [0.25, 0.3) is 0 Å². The molecule has 0 spiro atoms. The molecule has 0 aromatic rings. The number of hydrogen-bond donors (Lipinski definition) is 0. The molecule has 0 N–H and O–H groups in total. The molecule has 0 aliphatic carbocycles. The van der Waals surface area contributed by atoms with Crippen LogP contribution in [0.4, 0.5) is 0 Å². The summed E-state index contributed by atoms with van der Waals surface area (Å²) in [5.74, 6) is 0.212. The van der Waals surface area contributed by atoms with Gasteiger partial charge in [-0.05, 0) is 26.3 Å². The zero-order chi connectivity index (χ0) is 12.2. The molecule has 16 heavy (non-hydrogen) atoms. The maximum Gasteiger partial charge on any atom is 0.514 e. The van der Waals surface area contributed by atoms with Crippen LogP contribution in [0, 0.1) is 0 Å². The minimum atomic E-state index is -2.60. The van der Waals surface area contributed by atoms with E-state index < -0.39 is 8.80 Å². The van der Waals surface area contributed by atoms with Crippen molar-refractivity contribution in [1.29, 1.82) is 0 Å². The number of carbonyl (C=O) groups is 1. The monoisotopic (exact) mass is 247 g/mol.